The Labute approximate surface area is 159 Å². The van der Waals surface area contributed by atoms with Crippen LogP contribution in [0.3, 0.4) is 0 Å². The first-order valence-electron chi connectivity index (χ1n) is 8.18. The van der Waals surface area contributed by atoms with Gasteiger partial charge >= 0.3 is 5.97 Å². The molecule has 2 aromatic carbocycles. The Kier molecular flexibility index (Phi) is 4.51. The lowest BCUT2D eigenvalue weighted by atomic mass is 10.0. The molecule has 27 heavy (non-hydrogen) atoms. The molecule has 0 saturated carbocycles. The number of hydrogen-bond acceptors (Lipinski definition) is 3. The molecule has 2 heterocycles. The van der Waals surface area contributed by atoms with Gasteiger partial charge in [0.25, 0.3) is 0 Å². The summed E-state index contributed by atoms with van der Waals surface area (Å²) < 4.78 is 20.4. The Morgan fingerprint density at radius 2 is 1.85 bits per heavy atom. The van der Waals surface area contributed by atoms with Crippen molar-refractivity contribution in [3.05, 3.63) is 81.9 Å². The van der Waals surface area contributed by atoms with Crippen LogP contribution in [0.2, 0.25) is 5.02 Å². The molecule has 0 bridgehead atoms. The predicted octanol–water partition coefficient (Wildman–Crippen LogP) is 4.43. The van der Waals surface area contributed by atoms with Crippen LogP contribution in [0.25, 0.3) is 17.3 Å². The highest BCUT2D eigenvalue weighted by Gasteiger charge is 2.28. The van der Waals surface area contributed by atoms with Crippen LogP contribution >= 0.6 is 11.6 Å². The summed E-state index contributed by atoms with van der Waals surface area (Å²) >= 11 is 5.96. The van der Waals surface area contributed by atoms with Gasteiger partial charge in [-0.3, -0.25) is 0 Å². The average molecular weight is 385 g/mol. The molecule has 136 valence electrons. The summed E-state index contributed by atoms with van der Waals surface area (Å²) in [6.45, 7) is 0.452. The molecule has 1 N–H and O–H groups in total. The van der Waals surface area contributed by atoms with Crippen molar-refractivity contribution in [2.24, 2.45) is 0 Å². The van der Waals surface area contributed by atoms with Gasteiger partial charge in [0.15, 0.2) is 5.69 Å². The first-order chi connectivity index (χ1) is 13.0. The van der Waals surface area contributed by atoms with Crippen LogP contribution in [0.5, 0.6) is 0 Å². The minimum atomic E-state index is -1.12. The largest absolute Gasteiger partial charge is 0.476 e. The second-order valence-corrected chi connectivity index (χ2v) is 6.52. The van der Waals surface area contributed by atoms with Gasteiger partial charge in [0, 0.05) is 16.2 Å². The highest BCUT2D eigenvalue weighted by molar-refractivity contribution is 6.30. The average Bonchev–Trinajstić information content (AvgIpc) is 3.05. The number of aromatic nitrogens is 2. The topological polar surface area (TPSA) is 64.3 Å². The second kappa shape index (κ2) is 6.98. The number of aromatic carboxylic acids is 1. The van der Waals surface area contributed by atoms with Crippen molar-refractivity contribution < 1.29 is 19.0 Å². The maximum Gasteiger partial charge on any atom is 0.356 e. The molecular weight excluding hydrogens is 371 g/mol. The number of carbonyl (C=O) groups is 1. The van der Waals surface area contributed by atoms with Crippen molar-refractivity contribution in [3.8, 4) is 5.69 Å². The Morgan fingerprint density at radius 3 is 2.52 bits per heavy atom. The van der Waals surface area contributed by atoms with E-state index >= 15 is 0 Å². The Hall–Kier alpha value is -2.96. The Bertz CT molecular complexity index is 1040. The van der Waals surface area contributed by atoms with Gasteiger partial charge < -0.3 is 9.84 Å². The molecular formula is C20H14ClFN2O3. The fraction of sp³-hybridized carbons (Fsp3) is 0.100. The van der Waals surface area contributed by atoms with E-state index < -0.39 is 5.97 Å². The van der Waals surface area contributed by atoms with Crippen LogP contribution in [0, 0.1) is 5.82 Å². The number of rotatable bonds is 3. The molecule has 0 saturated heterocycles. The third kappa shape index (κ3) is 3.37. The zero-order valence-electron chi connectivity index (χ0n) is 14.0. The molecule has 7 heteroatoms. The molecule has 4 rings (SSSR count). The first kappa shape index (κ1) is 17.5. The monoisotopic (exact) mass is 384 g/mol. The van der Waals surface area contributed by atoms with E-state index in [2.05, 4.69) is 5.10 Å². The number of ether oxygens (including phenoxy) is 1. The Balaban J connectivity index is 1.90. The van der Waals surface area contributed by atoms with Gasteiger partial charge in [-0.2, -0.15) is 5.10 Å². The SMILES string of the molecule is O=C(O)c1nn(-c2ccc(Cl)cc2)c2c1COCC2=Cc1ccc(F)cc1. The minimum Gasteiger partial charge on any atom is -0.476 e. The number of hydrogen-bond donors (Lipinski definition) is 1. The van der Waals surface area contributed by atoms with E-state index in [0.717, 1.165) is 11.1 Å². The quantitative estimate of drug-likeness (QED) is 0.725. The lowest BCUT2D eigenvalue weighted by Crippen LogP contribution is -2.13. The van der Waals surface area contributed by atoms with Crippen LogP contribution in [-0.2, 0) is 11.3 Å². The van der Waals surface area contributed by atoms with Gasteiger partial charge in [0.1, 0.15) is 5.82 Å². The molecule has 0 atom stereocenters. The smallest absolute Gasteiger partial charge is 0.356 e. The maximum absolute atomic E-state index is 13.2. The molecule has 0 unspecified atom stereocenters. The Morgan fingerprint density at radius 1 is 1.15 bits per heavy atom. The fourth-order valence-electron chi connectivity index (χ4n) is 3.06. The summed E-state index contributed by atoms with van der Waals surface area (Å²) in [6.07, 6.45) is 1.84. The van der Waals surface area contributed by atoms with Crippen molar-refractivity contribution in [1.82, 2.24) is 9.78 Å². The maximum atomic E-state index is 13.2. The number of carboxylic acids is 1. The predicted molar refractivity (Wildman–Crippen MR) is 99.5 cm³/mol. The van der Waals surface area contributed by atoms with Gasteiger partial charge in [0.2, 0.25) is 0 Å². The van der Waals surface area contributed by atoms with Crippen LogP contribution in [0.4, 0.5) is 4.39 Å². The molecule has 1 aliphatic rings. The molecule has 0 fully saturated rings. The van der Waals surface area contributed by atoms with Crippen molar-refractivity contribution >= 4 is 29.2 Å². The van der Waals surface area contributed by atoms with E-state index in [9.17, 15) is 14.3 Å². The number of benzene rings is 2. The highest BCUT2D eigenvalue weighted by Crippen LogP contribution is 2.32. The third-order valence-corrected chi connectivity index (χ3v) is 4.53. The van der Waals surface area contributed by atoms with E-state index in [4.69, 9.17) is 16.3 Å². The zero-order valence-corrected chi connectivity index (χ0v) is 14.8. The summed E-state index contributed by atoms with van der Waals surface area (Å²) in [4.78, 5) is 11.7. The molecule has 1 aromatic heterocycles. The van der Waals surface area contributed by atoms with Crippen molar-refractivity contribution in [2.45, 2.75) is 6.61 Å². The van der Waals surface area contributed by atoms with Crippen LogP contribution in [0.15, 0.2) is 48.5 Å². The number of fused-ring (bicyclic) bond motifs is 1. The lowest BCUT2D eigenvalue weighted by molar-refractivity contribution is 0.0683. The molecule has 0 spiro atoms. The summed E-state index contributed by atoms with van der Waals surface area (Å²) in [5, 5.41) is 14.4. The van der Waals surface area contributed by atoms with Crippen LogP contribution < -0.4 is 0 Å². The zero-order chi connectivity index (χ0) is 19.0. The first-order valence-corrected chi connectivity index (χ1v) is 8.56. The fourth-order valence-corrected chi connectivity index (χ4v) is 3.19. The summed E-state index contributed by atoms with van der Waals surface area (Å²) in [5.41, 5.74) is 3.36. The van der Waals surface area contributed by atoms with Gasteiger partial charge in [-0.1, -0.05) is 23.7 Å². The highest BCUT2D eigenvalue weighted by atomic mass is 35.5. The van der Waals surface area contributed by atoms with Gasteiger partial charge in [-0.05, 0) is 48.0 Å². The van der Waals surface area contributed by atoms with Gasteiger partial charge in [0.05, 0.1) is 24.6 Å². The number of nitrogens with zero attached hydrogens (tertiary/aromatic N) is 2. The molecule has 3 aromatic rings. The normalized spacial score (nSPS) is 15.0. The van der Waals surface area contributed by atoms with Crippen molar-refractivity contribution in [3.63, 3.8) is 0 Å². The standard InChI is InChI=1S/C20H14ClFN2O3/c21-14-3-7-16(8-4-14)24-19-13(9-12-1-5-15(22)6-2-12)10-27-11-17(19)18(23-24)20(25)26/h1-9H,10-11H2,(H,25,26). The van der Waals surface area contributed by atoms with E-state index in [-0.39, 0.29) is 18.1 Å². The van der Waals surface area contributed by atoms with Crippen molar-refractivity contribution in [1.29, 1.82) is 0 Å². The summed E-state index contributed by atoms with van der Waals surface area (Å²) in [7, 11) is 0. The van der Waals surface area contributed by atoms with Crippen LogP contribution in [0.1, 0.15) is 27.3 Å². The van der Waals surface area contributed by atoms with Crippen molar-refractivity contribution in [2.75, 3.05) is 6.61 Å². The molecule has 0 radical (unpaired) electrons. The number of halogens is 2. The van der Waals surface area contributed by atoms with E-state index in [0.29, 0.717) is 28.6 Å². The third-order valence-electron chi connectivity index (χ3n) is 4.28. The molecule has 0 amide bonds. The molecule has 1 aliphatic heterocycles. The minimum absolute atomic E-state index is 0.0512. The second-order valence-electron chi connectivity index (χ2n) is 6.08. The van der Waals surface area contributed by atoms with E-state index in [1.165, 1.54) is 12.1 Å². The summed E-state index contributed by atoms with van der Waals surface area (Å²) in [5.74, 6) is -1.44. The number of carboxylic acid groups (broad SMARTS) is 1. The van der Waals surface area contributed by atoms with Gasteiger partial charge in [-0.15, -0.1) is 0 Å². The van der Waals surface area contributed by atoms with E-state index in [1.807, 2.05) is 6.08 Å². The van der Waals surface area contributed by atoms with E-state index in [1.54, 1.807) is 41.1 Å². The molecule has 0 aliphatic carbocycles. The molecule has 5 nitrogen and oxygen atoms in total. The summed E-state index contributed by atoms with van der Waals surface area (Å²) in [6, 6.07) is 13.0. The lowest BCUT2D eigenvalue weighted by Gasteiger charge is -2.19. The van der Waals surface area contributed by atoms with Crippen LogP contribution in [-0.4, -0.2) is 27.5 Å². The van der Waals surface area contributed by atoms with Gasteiger partial charge in [-0.25, -0.2) is 13.9 Å².